The molecule has 1 amide bonds. The van der Waals surface area contributed by atoms with E-state index in [2.05, 4.69) is 15.2 Å². The minimum atomic E-state index is -1.48. The van der Waals surface area contributed by atoms with Crippen LogP contribution < -0.4 is 5.32 Å². The number of carbonyl (C=O) groups excluding carboxylic acids is 2. The number of halogens is 2. The Morgan fingerprint density at radius 1 is 1.03 bits per heavy atom. The maximum atomic E-state index is 12.3. The van der Waals surface area contributed by atoms with E-state index in [0.29, 0.717) is 10.6 Å². The lowest BCUT2D eigenvalue weighted by atomic mass is 9.94. The summed E-state index contributed by atoms with van der Waals surface area (Å²) in [6.45, 7) is 2.72. The average molecular weight is 427 g/mol. The second kappa shape index (κ2) is 9.05. The molecule has 7 heteroatoms. The topological polar surface area (TPSA) is 68.3 Å². The summed E-state index contributed by atoms with van der Waals surface area (Å²) in [6.07, 6.45) is 3.25. The second-order valence-electron chi connectivity index (χ2n) is 7.35. The molecule has 2 aromatic carbocycles. The quantitative estimate of drug-likeness (QED) is 0.606. The molecule has 0 radical (unpaired) electrons. The van der Waals surface area contributed by atoms with Gasteiger partial charge in [-0.25, -0.2) is 4.79 Å². The molecule has 0 fully saturated rings. The van der Waals surface area contributed by atoms with Crippen LogP contribution in [0.4, 0.5) is 4.53 Å². The fourth-order valence-corrected chi connectivity index (χ4v) is 3.25. The molecule has 1 aromatic heterocycles. The number of amides is 1. The van der Waals surface area contributed by atoms with Crippen molar-refractivity contribution in [3.63, 3.8) is 0 Å². The van der Waals surface area contributed by atoms with Crippen LogP contribution in [-0.4, -0.2) is 22.4 Å². The van der Waals surface area contributed by atoms with Gasteiger partial charge in [0.2, 0.25) is 5.91 Å². The lowest BCUT2D eigenvalue weighted by Gasteiger charge is -2.21. The fraction of sp³-hybridized carbons (Fsp3) is 0.174. The summed E-state index contributed by atoms with van der Waals surface area (Å²) in [5.41, 5.74) is 2.85. The number of hydrogen-bond acceptors (Lipinski definition) is 4. The highest BCUT2D eigenvalue weighted by Gasteiger charge is 2.32. The maximum Gasteiger partial charge on any atom is 0.373 e. The van der Waals surface area contributed by atoms with Crippen molar-refractivity contribution in [2.75, 3.05) is 0 Å². The van der Waals surface area contributed by atoms with Gasteiger partial charge in [-0.1, -0.05) is 48.0 Å². The number of nitrogens with zero attached hydrogens (tertiary/aromatic N) is 1. The minimum Gasteiger partial charge on any atom is -0.340 e. The first-order valence-corrected chi connectivity index (χ1v) is 9.61. The molecule has 30 heavy (non-hydrogen) atoms. The van der Waals surface area contributed by atoms with Gasteiger partial charge in [-0.2, -0.15) is 0 Å². The Kier molecular flexibility index (Phi) is 6.47. The number of aromatic nitrogens is 1. The summed E-state index contributed by atoms with van der Waals surface area (Å²) in [7, 11) is 0. The summed E-state index contributed by atoms with van der Waals surface area (Å²) < 4.78 is 12.2. The van der Waals surface area contributed by atoms with Crippen LogP contribution in [0.2, 0.25) is 5.02 Å². The maximum absolute atomic E-state index is 12.3. The zero-order valence-electron chi connectivity index (χ0n) is 16.5. The van der Waals surface area contributed by atoms with E-state index in [0.717, 1.165) is 22.3 Å². The van der Waals surface area contributed by atoms with Crippen LogP contribution >= 0.6 is 11.6 Å². The van der Waals surface area contributed by atoms with Gasteiger partial charge in [0.1, 0.15) is 5.54 Å². The molecule has 0 aliphatic rings. The van der Waals surface area contributed by atoms with Crippen LogP contribution in [0.1, 0.15) is 19.4 Å². The second-order valence-corrected chi connectivity index (χ2v) is 7.79. The van der Waals surface area contributed by atoms with Crippen molar-refractivity contribution in [1.29, 1.82) is 0 Å². The van der Waals surface area contributed by atoms with Gasteiger partial charge in [0, 0.05) is 27.5 Å². The summed E-state index contributed by atoms with van der Waals surface area (Å²) in [4.78, 5) is 31.3. The molecule has 0 atom stereocenters. The minimum absolute atomic E-state index is 0.0297. The van der Waals surface area contributed by atoms with E-state index >= 15 is 0 Å². The molecule has 0 bridgehead atoms. The first kappa shape index (κ1) is 21.5. The molecule has 0 spiro atoms. The van der Waals surface area contributed by atoms with Crippen LogP contribution in [0, 0.1) is 0 Å². The van der Waals surface area contributed by atoms with Gasteiger partial charge in [0.05, 0.1) is 6.42 Å². The lowest BCUT2D eigenvalue weighted by molar-refractivity contribution is -0.191. The normalized spacial score (nSPS) is 11.1. The third-order valence-electron chi connectivity index (χ3n) is 4.57. The highest BCUT2D eigenvalue weighted by Crippen LogP contribution is 2.34. The van der Waals surface area contributed by atoms with Crippen molar-refractivity contribution in [2.24, 2.45) is 0 Å². The lowest BCUT2D eigenvalue weighted by Crippen LogP contribution is -2.50. The van der Waals surface area contributed by atoms with Crippen LogP contribution in [0.25, 0.3) is 22.3 Å². The standard InChI is InChI=1S/C23H20ClFN2O3/c1-23(2,22(29)30-25)27-21(28)11-15-10-17(14-26-13-15)19-9-8-18(24)12-20(19)16-6-4-3-5-7-16/h3-10,12-14H,11H2,1-2H3,(H,27,28). The van der Waals surface area contributed by atoms with Crippen LogP contribution in [0.15, 0.2) is 67.0 Å². The van der Waals surface area contributed by atoms with Crippen LogP contribution in [0.3, 0.4) is 0 Å². The molecule has 3 rings (SSSR count). The zero-order valence-corrected chi connectivity index (χ0v) is 17.2. The Balaban J connectivity index is 1.88. The van der Waals surface area contributed by atoms with E-state index < -0.39 is 17.4 Å². The van der Waals surface area contributed by atoms with Gasteiger partial charge in [0.15, 0.2) is 0 Å². The Bertz CT molecular complexity index is 1070. The average Bonchev–Trinajstić information content (AvgIpc) is 2.73. The number of hydrogen-bond donors (Lipinski definition) is 1. The van der Waals surface area contributed by atoms with Crippen LogP contribution in [0.5, 0.6) is 0 Å². The monoisotopic (exact) mass is 426 g/mol. The zero-order chi connectivity index (χ0) is 21.7. The largest absolute Gasteiger partial charge is 0.373 e. The van der Waals surface area contributed by atoms with Crippen molar-refractivity contribution in [1.82, 2.24) is 10.3 Å². The number of rotatable bonds is 6. The molecule has 0 aliphatic carbocycles. The number of nitrogens with one attached hydrogen (secondary N) is 1. The van der Waals surface area contributed by atoms with Gasteiger partial charge in [-0.15, -0.1) is 0 Å². The summed E-state index contributed by atoms with van der Waals surface area (Å²) in [6, 6.07) is 17.3. The third-order valence-corrected chi connectivity index (χ3v) is 4.80. The molecular weight excluding hydrogens is 407 g/mol. The molecule has 1 heterocycles. The molecule has 154 valence electrons. The van der Waals surface area contributed by atoms with Crippen molar-refractivity contribution in [3.8, 4) is 22.3 Å². The van der Waals surface area contributed by atoms with Crippen molar-refractivity contribution < 1.29 is 19.1 Å². The molecule has 5 nitrogen and oxygen atoms in total. The molecule has 1 N–H and O–H groups in total. The Morgan fingerprint density at radius 2 is 1.77 bits per heavy atom. The first-order valence-electron chi connectivity index (χ1n) is 9.23. The summed E-state index contributed by atoms with van der Waals surface area (Å²) in [5.74, 6) is -1.62. The predicted molar refractivity (Wildman–Crippen MR) is 113 cm³/mol. The van der Waals surface area contributed by atoms with E-state index in [4.69, 9.17) is 11.6 Å². The van der Waals surface area contributed by atoms with Gasteiger partial charge in [-0.05, 0) is 54.3 Å². The van der Waals surface area contributed by atoms with Gasteiger partial charge in [-0.3, -0.25) is 14.7 Å². The van der Waals surface area contributed by atoms with E-state index in [9.17, 15) is 14.1 Å². The highest BCUT2D eigenvalue weighted by atomic mass is 35.5. The van der Waals surface area contributed by atoms with Crippen LogP contribution in [-0.2, 0) is 21.0 Å². The van der Waals surface area contributed by atoms with Crippen molar-refractivity contribution in [3.05, 3.63) is 77.6 Å². The summed E-state index contributed by atoms with van der Waals surface area (Å²) >= 11 is 6.22. The van der Waals surface area contributed by atoms with Crippen molar-refractivity contribution >= 4 is 23.5 Å². The van der Waals surface area contributed by atoms with E-state index in [1.807, 2.05) is 48.5 Å². The predicted octanol–water partition coefficient (Wildman–Crippen LogP) is 4.93. The Labute approximate surface area is 178 Å². The van der Waals surface area contributed by atoms with E-state index in [1.165, 1.54) is 13.8 Å². The van der Waals surface area contributed by atoms with E-state index in [-0.39, 0.29) is 6.42 Å². The van der Waals surface area contributed by atoms with Gasteiger partial charge < -0.3 is 5.32 Å². The number of carbonyl (C=O) groups is 2. The highest BCUT2D eigenvalue weighted by molar-refractivity contribution is 6.31. The molecule has 3 aromatic rings. The fourth-order valence-electron chi connectivity index (χ4n) is 3.08. The Hall–Kier alpha value is -3.25. The van der Waals surface area contributed by atoms with Crippen molar-refractivity contribution in [2.45, 2.75) is 25.8 Å². The SMILES string of the molecule is CC(C)(NC(=O)Cc1cncc(-c2ccc(Cl)cc2-c2ccccc2)c1)C(=O)OF. The molecule has 0 unspecified atom stereocenters. The van der Waals surface area contributed by atoms with Gasteiger partial charge in [0.25, 0.3) is 0 Å². The molecule has 0 saturated carbocycles. The number of pyridine rings is 1. The number of benzene rings is 2. The molecule has 0 aliphatic heterocycles. The van der Waals surface area contributed by atoms with E-state index in [1.54, 1.807) is 18.5 Å². The van der Waals surface area contributed by atoms with Gasteiger partial charge >= 0.3 is 5.97 Å². The molecule has 0 saturated heterocycles. The molecular formula is C23H20ClFN2O3. The Morgan fingerprint density at radius 3 is 2.47 bits per heavy atom. The smallest absolute Gasteiger partial charge is 0.340 e. The first-order chi connectivity index (χ1) is 14.3. The third kappa shape index (κ3) is 5.02. The summed E-state index contributed by atoms with van der Waals surface area (Å²) in [5, 5.41) is 3.07.